The first-order valence-electron chi connectivity index (χ1n) is 14.0. The van der Waals surface area contributed by atoms with Crippen LogP contribution in [0.5, 0.6) is 0 Å². The number of rotatable bonds is 6. The van der Waals surface area contributed by atoms with Crippen molar-refractivity contribution in [1.29, 1.82) is 0 Å². The van der Waals surface area contributed by atoms with E-state index in [4.69, 9.17) is 4.52 Å². The van der Waals surface area contributed by atoms with Crippen LogP contribution in [0.4, 0.5) is 15.0 Å². The summed E-state index contributed by atoms with van der Waals surface area (Å²) in [4.78, 5) is 33.0. The van der Waals surface area contributed by atoms with E-state index in [0.29, 0.717) is 34.9 Å². The van der Waals surface area contributed by atoms with Gasteiger partial charge in [-0.05, 0) is 43.0 Å². The number of urea groups is 1. The summed E-state index contributed by atoms with van der Waals surface area (Å²) in [6.45, 7) is 8.61. The average molecular weight is 577 g/mol. The van der Waals surface area contributed by atoms with Crippen LogP contribution in [0.2, 0.25) is 0 Å². The lowest BCUT2D eigenvalue weighted by atomic mass is 9.93. The maximum Gasteiger partial charge on any atom is 0.317 e. The molecule has 222 valence electrons. The minimum Gasteiger partial charge on any atom is -0.360 e. The normalized spacial score (nSPS) is 17.4. The third-order valence-electron chi connectivity index (χ3n) is 7.62. The summed E-state index contributed by atoms with van der Waals surface area (Å²) in [6, 6.07) is 8.41. The van der Waals surface area contributed by atoms with Crippen molar-refractivity contribution in [2.45, 2.75) is 64.6 Å². The number of amides is 3. The highest BCUT2D eigenvalue weighted by atomic mass is 19.1. The maximum atomic E-state index is 15.4. The topological polar surface area (TPSA) is 132 Å². The van der Waals surface area contributed by atoms with Gasteiger partial charge >= 0.3 is 6.03 Å². The highest BCUT2D eigenvalue weighted by Crippen LogP contribution is 2.36. The standard InChI is InChI=1S/C30H37FN8O3/c1-17-7-10-20(34-29(41)38(5)6)16-39(17)27-25-21(11-12-32-26(25)35-36-27)18-8-9-19(22(31)13-18)15-33-28(40)23-14-24(42-37-23)30(2,3)4/h8-9,11-14,17,20H,7,10,15-16H2,1-6H3,(H,33,40)(H,34,41)(H,32,35,36)/t17-,20+/m0/s1. The first-order valence-corrected chi connectivity index (χ1v) is 14.0. The molecule has 2 atom stereocenters. The smallest absolute Gasteiger partial charge is 0.317 e. The fourth-order valence-electron chi connectivity index (χ4n) is 5.07. The molecule has 1 aliphatic rings. The van der Waals surface area contributed by atoms with E-state index in [9.17, 15) is 9.59 Å². The molecular formula is C30H37FN8O3. The molecule has 0 bridgehead atoms. The number of anilines is 1. The van der Waals surface area contributed by atoms with Crippen molar-refractivity contribution in [1.82, 2.24) is 35.9 Å². The number of aromatic amines is 1. The van der Waals surface area contributed by atoms with Gasteiger partial charge in [0.15, 0.2) is 17.2 Å². The Kier molecular flexibility index (Phi) is 7.89. The molecule has 1 saturated heterocycles. The Bertz CT molecular complexity index is 1610. The van der Waals surface area contributed by atoms with E-state index < -0.39 is 11.7 Å². The fourth-order valence-corrected chi connectivity index (χ4v) is 5.07. The van der Waals surface area contributed by atoms with Crippen LogP contribution < -0.4 is 15.5 Å². The molecule has 12 heteroatoms. The van der Waals surface area contributed by atoms with Crippen LogP contribution in [0, 0.1) is 5.82 Å². The summed E-state index contributed by atoms with van der Waals surface area (Å²) in [7, 11) is 3.44. The molecule has 3 N–H and O–H groups in total. The van der Waals surface area contributed by atoms with Crippen LogP contribution in [-0.4, -0.2) is 69.9 Å². The molecule has 1 fully saturated rings. The van der Waals surface area contributed by atoms with E-state index in [-0.39, 0.29) is 35.8 Å². The van der Waals surface area contributed by atoms with Gasteiger partial charge in [0.05, 0.1) is 5.39 Å². The summed E-state index contributed by atoms with van der Waals surface area (Å²) in [6.07, 6.45) is 3.40. The summed E-state index contributed by atoms with van der Waals surface area (Å²) >= 11 is 0. The van der Waals surface area contributed by atoms with E-state index in [1.54, 1.807) is 32.4 Å². The van der Waals surface area contributed by atoms with Gasteiger partial charge in [0, 0.05) is 62.5 Å². The number of fused-ring (bicyclic) bond motifs is 1. The number of halogens is 1. The predicted octanol–water partition coefficient (Wildman–Crippen LogP) is 4.61. The van der Waals surface area contributed by atoms with Gasteiger partial charge in [-0.1, -0.05) is 38.1 Å². The molecule has 1 aliphatic heterocycles. The molecule has 3 aromatic heterocycles. The molecule has 5 rings (SSSR count). The molecule has 0 saturated carbocycles. The Morgan fingerprint density at radius 1 is 1.19 bits per heavy atom. The number of aromatic nitrogens is 4. The molecule has 4 heterocycles. The van der Waals surface area contributed by atoms with Gasteiger partial charge in [-0.2, -0.15) is 5.10 Å². The van der Waals surface area contributed by atoms with Gasteiger partial charge in [0.25, 0.3) is 5.91 Å². The van der Waals surface area contributed by atoms with Gasteiger partial charge in [-0.3, -0.25) is 9.89 Å². The molecule has 4 aromatic rings. The summed E-state index contributed by atoms with van der Waals surface area (Å²) in [5.74, 6) is 0.421. The van der Waals surface area contributed by atoms with Crippen LogP contribution in [0.1, 0.15) is 62.3 Å². The van der Waals surface area contributed by atoms with Crippen molar-refractivity contribution in [2.24, 2.45) is 0 Å². The number of nitrogens with zero attached hydrogens (tertiary/aromatic N) is 5. The van der Waals surface area contributed by atoms with Gasteiger partial charge in [-0.15, -0.1) is 0 Å². The number of hydrogen-bond acceptors (Lipinski definition) is 7. The molecule has 11 nitrogen and oxygen atoms in total. The Balaban J connectivity index is 1.37. The second-order valence-corrected chi connectivity index (χ2v) is 12.1. The van der Waals surface area contributed by atoms with Crippen LogP contribution >= 0.6 is 0 Å². The quantitative estimate of drug-likeness (QED) is 0.305. The van der Waals surface area contributed by atoms with Crippen molar-refractivity contribution in [2.75, 3.05) is 25.5 Å². The Morgan fingerprint density at radius 2 is 1.98 bits per heavy atom. The molecule has 0 unspecified atom stereocenters. The lowest BCUT2D eigenvalue weighted by molar-refractivity contribution is 0.0941. The Labute approximate surface area is 243 Å². The largest absolute Gasteiger partial charge is 0.360 e. The molecule has 1 aromatic carbocycles. The van der Waals surface area contributed by atoms with E-state index in [1.165, 1.54) is 11.0 Å². The monoisotopic (exact) mass is 576 g/mol. The van der Waals surface area contributed by atoms with Crippen LogP contribution in [-0.2, 0) is 12.0 Å². The maximum absolute atomic E-state index is 15.4. The van der Waals surface area contributed by atoms with Crippen molar-refractivity contribution < 1.29 is 18.5 Å². The second-order valence-electron chi connectivity index (χ2n) is 12.1. The van der Waals surface area contributed by atoms with E-state index in [2.05, 4.69) is 42.8 Å². The van der Waals surface area contributed by atoms with Gasteiger partial charge in [0.2, 0.25) is 0 Å². The van der Waals surface area contributed by atoms with Gasteiger partial charge in [0.1, 0.15) is 11.6 Å². The third kappa shape index (κ3) is 5.93. The second kappa shape index (κ2) is 11.4. The zero-order chi connectivity index (χ0) is 30.2. The van der Waals surface area contributed by atoms with Gasteiger partial charge < -0.3 is 25.0 Å². The first kappa shape index (κ1) is 29.0. The van der Waals surface area contributed by atoms with E-state index in [0.717, 1.165) is 23.8 Å². The summed E-state index contributed by atoms with van der Waals surface area (Å²) in [5, 5.41) is 18.1. The zero-order valence-electron chi connectivity index (χ0n) is 24.8. The molecular weight excluding hydrogens is 539 g/mol. The third-order valence-corrected chi connectivity index (χ3v) is 7.62. The predicted molar refractivity (Wildman–Crippen MR) is 158 cm³/mol. The first-order chi connectivity index (χ1) is 19.9. The van der Waals surface area contributed by atoms with Crippen LogP contribution in [0.25, 0.3) is 22.2 Å². The number of carbonyl (C=O) groups excluding carboxylic acids is 2. The minimum absolute atomic E-state index is 0.00325. The lowest BCUT2D eigenvalue weighted by Crippen LogP contribution is -2.53. The fraction of sp³-hybridized carbons (Fsp3) is 0.433. The molecule has 42 heavy (non-hydrogen) atoms. The highest BCUT2D eigenvalue weighted by molar-refractivity contribution is 6.01. The van der Waals surface area contributed by atoms with E-state index >= 15 is 4.39 Å². The van der Waals surface area contributed by atoms with Gasteiger partial charge in [-0.25, -0.2) is 14.2 Å². The summed E-state index contributed by atoms with van der Waals surface area (Å²) < 4.78 is 20.6. The Morgan fingerprint density at radius 3 is 2.67 bits per heavy atom. The van der Waals surface area contributed by atoms with Crippen LogP contribution in [0.3, 0.4) is 0 Å². The molecule has 0 spiro atoms. The molecule has 0 radical (unpaired) electrons. The summed E-state index contributed by atoms with van der Waals surface area (Å²) in [5.41, 5.74) is 2.24. The lowest BCUT2D eigenvalue weighted by Gasteiger charge is -2.39. The average Bonchev–Trinajstić information content (AvgIpc) is 3.61. The van der Waals surface area contributed by atoms with Crippen molar-refractivity contribution in [3.8, 4) is 11.1 Å². The molecule has 3 amide bonds. The Hall–Kier alpha value is -4.48. The number of hydrogen-bond donors (Lipinski definition) is 3. The number of piperidine rings is 1. The number of benzene rings is 1. The highest BCUT2D eigenvalue weighted by Gasteiger charge is 2.30. The number of H-pyrrole nitrogens is 1. The zero-order valence-corrected chi connectivity index (χ0v) is 24.8. The number of nitrogens with one attached hydrogen (secondary N) is 3. The SMILES string of the molecule is C[C@H]1CC[C@@H](NC(=O)N(C)C)CN1c1n[nH]c2nccc(-c3ccc(CNC(=O)c4cc(C(C)(C)C)on4)c(F)c3)c12. The van der Waals surface area contributed by atoms with Crippen molar-refractivity contribution in [3.63, 3.8) is 0 Å². The van der Waals surface area contributed by atoms with E-state index in [1.807, 2.05) is 32.9 Å². The minimum atomic E-state index is -0.448. The molecule has 0 aliphatic carbocycles. The number of pyridine rings is 1. The van der Waals surface area contributed by atoms with Crippen LogP contribution in [0.15, 0.2) is 41.1 Å². The number of carbonyl (C=O) groups is 2. The van der Waals surface area contributed by atoms with Crippen molar-refractivity contribution in [3.05, 3.63) is 59.4 Å². The van der Waals surface area contributed by atoms with Crippen molar-refractivity contribution >= 4 is 28.8 Å².